The Balaban J connectivity index is 1.73. The molecule has 0 atom stereocenters. The summed E-state index contributed by atoms with van der Waals surface area (Å²) < 4.78 is 4.98. The van der Waals surface area contributed by atoms with Crippen LogP contribution in [0.15, 0.2) is 52.1 Å². The molecule has 2 rings (SSSR count). The van der Waals surface area contributed by atoms with Gasteiger partial charge in [-0.3, -0.25) is 9.79 Å². The molecule has 6 heteroatoms. The number of nitrogens with two attached hydrogens (primary N) is 1. The van der Waals surface area contributed by atoms with Gasteiger partial charge in [0.1, 0.15) is 0 Å². The van der Waals surface area contributed by atoms with Crippen molar-refractivity contribution in [3.8, 4) is 0 Å². The number of nitrogens with zero attached hydrogens (tertiary/aromatic N) is 1. The van der Waals surface area contributed by atoms with Crippen molar-refractivity contribution in [1.82, 2.24) is 5.32 Å². The average Bonchev–Trinajstić information content (AvgIpc) is 3.00. The van der Waals surface area contributed by atoms with Crippen LogP contribution in [-0.2, 0) is 0 Å². The highest BCUT2D eigenvalue weighted by molar-refractivity contribution is 5.92. The molecule has 0 spiro atoms. The van der Waals surface area contributed by atoms with Crippen LogP contribution in [0.1, 0.15) is 16.1 Å². The molecular weight excluding hydrogens is 268 g/mol. The second-order valence-corrected chi connectivity index (χ2v) is 4.49. The minimum Gasteiger partial charge on any atom is -0.459 e. The number of rotatable bonds is 5. The van der Waals surface area contributed by atoms with Crippen molar-refractivity contribution in [2.75, 3.05) is 18.4 Å². The fourth-order valence-corrected chi connectivity index (χ4v) is 1.66. The normalized spacial score (nSPS) is 11.2. The molecule has 6 nitrogen and oxygen atoms in total. The van der Waals surface area contributed by atoms with Crippen LogP contribution >= 0.6 is 0 Å². The summed E-state index contributed by atoms with van der Waals surface area (Å²) in [6.07, 6.45) is 1.45. The predicted octanol–water partition coefficient (Wildman–Crippen LogP) is 1.74. The molecule has 2 aromatic rings. The number of furan rings is 1. The number of hydrogen-bond donors (Lipinski definition) is 3. The molecule has 0 saturated carbocycles. The highest BCUT2D eigenvalue weighted by atomic mass is 16.3. The number of anilines is 1. The second kappa shape index (κ2) is 7.14. The van der Waals surface area contributed by atoms with E-state index in [1.165, 1.54) is 11.8 Å². The molecule has 0 saturated heterocycles. The molecule has 21 heavy (non-hydrogen) atoms. The zero-order chi connectivity index (χ0) is 15.1. The Bertz CT molecular complexity index is 603. The maximum atomic E-state index is 11.6. The third-order valence-corrected chi connectivity index (χ3v) is 2.75. The number of aryl methyl sites for hydroxylation is 1. The summed E-state index contributed by atoms with van der Waals surface area (Å²) in [5, 5.41) is 5.67. The van der Waals surface area contributed by atoms with Gasteiger partial charge in [0.05, 0.1) is 12.8 Å². The van der Waals surface area contributed by atoms with Gasteiger partial charge < -0.3 is 20.8 Å². The number of amides is 1. The quantitative estimate of drug-likeness (QED) is 0.443. The fourth-order valence-electron chi connectivity index (χ4n) is 1.66. The molecule has 0 aliphatic heterocycles. The van der Waals surface area contributed by atoms with Crippen molar-refractivity contribution in [2.24, 2.45) is 10.7 Å². The number of nitrogens with one attached hydrogen (secondary N) is 2. The minimum absolute atomic E-state index is 0.264. The van der Waals surface area contributed by atoms with Gasteiger partial charge in [0.2, 0.25) is 0 Å². The number of carbonyl (C=O) groups excluding carboxylic acids is 1. The lowest BCUT2D eigenvalue weighted by Crippen LogP contribution is -2.28. The fraction of sp³-hybridized carbons (Fsp3) is 0.200. The van der Waals surface area contributed by atoms with E-state index < -0.39 is 0 Å². The first-order valence-electron chi connectivity index (χ1n) is 6.60. The van der Waals surface area contributed by atoms with Crippen molar-refractivity contribution in [2.45, 2.75) is 6.92 Å². The maximum Gasteiger partial charge on any atom is 0.287 e. The Morgan fingerprint density at radius 1 is 1.29 bits per heavy atom. The third kappa shape index (κ3) is 4.68. The monoisotopic (exact) mass is 286 g/mol. The van der Waals surface area contributed by atoms with E-state index in [2.05, 4.69) is 15.6 Å². The van der Waals surface area contributed by atoms with Crippen molar-refractivity contribution in [3.05, 3.63) is 54.0 Å². The minimum atomic E-state index is -0.264. The molecule has 0 unspecified atom stereocenters. The maximum absolute atomic E-state index is 11.6. The number of benzene rings is 1. The lowest BCUT2D eigenvalue weighted by molar-refractivity contribution is 0.0927. The Hall–Kier alpha value is -2.76. The largest absolute Gasteiger partial charge is 0.459 e. The smallest absolute Gasteiger partial charge is 0.287 e. The molecule has 110 valence electrons. The molecule has 0 fully saturated rings. The van der Waals surface area contributed by atoms with E-state index in [-0.39, 0.29) is 11.7 Å². The summed E-state index contributed by atoms with van der Waals surface area (Å²) in [6, 6.07) is 11.1. The van der Waals surface area contributed by atoms with Crippen molar-refractivity contribution in [3.63, 3.8) is 0 Å². The van der Waals surface area contributed by atoms with Crippen molar-refractivity contribution >= 4 is 17.6 Å². The first-order valence-corrected chi connectivity index (χ1v) is 6.60. The van der Waals surface area contributed by atoms with Crippen LogP contribution in [0.2, 0.25) is 0 Å². The van der Waals surface area contributed by atoms with Gasteiger partial charge in [0.25, 0.3) is 5.91 Å². The molecule has 1 amide bonds. The number of guanidine groups is 1. The zero-order valence-electron chi connectivity index (χ0n) is 11.8. The van der Waals surface area contributed by atoms with Crippen LogP contribution in [0, 0.1) is 6.92 Å². The molecule has 1 heterocycles. The summed E-state index contributed by atoms with van der Waals surface area (Å²) in [7, 11) is 0. The molecule has 4 N–H and O–H groups in total. The van der Waals surface area contributed by atoms with E-state index >= 15 is 0 Å². The van der Waals surface area contributed by atoms with Gasteiger partial charge in [0.15, 0.2) is 11.7 Å². The van der Waals surface area contributed by atoms with Gasteiger partial charge in [-0.1, -0.05) is 17.7 Å². The molecule has 0 aliphatic rings. The lowest BCUT2D eigenvalue weighted by atomic mass is 10.2. The predicted molar refractivity (Wildman–Crippen MR) is 82.3 cm³/mol. The Labute approximate surface area is 123 Å². The first kappa shape index (κ1) is 14.6. The summed E-state index contributed by atoms with van der Waals surface area (Å²) >= 11 is 0. The van der Waals surface area contributed by atoms with E-state index in [0.717, 1.165) is 5.69 Å². The van der Waals surface area contributed by atoms with Crippen LogP contribution in [0.5, 0.6) is 0 Å². The van der Waals surface area contributed by atoms with E-state index in [9.17, 15) is 4.79 Å². The summed E-state index contributed by atoms with van der Waals surface area (Å²) in [4.78, 5) is 15.7. The van der Waals surface area contributed by atoms with E-state index in [0.29, 0.717) is 19.0 Å². The number of carbonyl (C=O) groups is 1. The van der Waals surface area contributed by atoms with Gasteiger partial charge in [-0.05, 0) is 31.2 Å². The first-order chi connectivity index (χ1) is 10.1. The van der Waals surface area contributed by atoms with Crippen molar-refractivity contribution in [1.29, 1.82) is 0 Å². The zero-order valence-corrected chi connectivity index (χ0v) is 11.8. The highest BCUT2D eigenvalue weighted by Gasteiger charge is 2.06. The van der Waals surface area contributed by atoms with Gasteiger partial charge >= 0.3 is 0 Å². The van der Waals surface area contributed by atoms with Gasteiger partial charge in [-0.15, -0.1) is 0 Å². The van der Waals surface area contributed by atoms with Crippen LogP contribution in [-0.4, -0.2) is 25.0 Å². The van der Waals surface area contributed by atoms with Crippen LogP contribution in [0.25, 0.3) is 0 Å². The lowest BCUT2D eigenvalue weighted by Gasteiger charge is -2.06. The number of aliphatic imine (C=N–C) groups is 1. The third-order valence-electron chi connectivity index (χ3n) is 2.75. The second-order valence-electron chi connectivity index (χ2n) is 4.49. The van der Waals surface area contributed by atoms with E-state index in [1.54, 1.807) is 12.1 Å². The topological polar surface area (TPSA) is 92.6 Å². The molecule has 0 bridgehead atoms. The molecule has 1 aromatic carbocycles. The van der Waals surface area contributed by atoms with Gasteiger partial charge in [-0.25, -0.2) is 0 Å². The Morgan fingerprint density at radius 3 is 2.71 bits per heavy atom. The Morgan fingerprint density at radius 2 is 2.05 bits per heavy atom. The molecule has 0 radical (unpaired) electrons. The Kier molecular flexibility index (Phi) is 4.98. The number of hydrogen-bond acceptors (Lipinski definition) is 3. The highest BCUT2D eigenvalue weighted by Crippen LogP contribution is 2.07. The molecule has 1 aromatic heterocycles. The molecular formula is C15H18N4O2. The van der Waals surface area contributed by atoms with E-state index in [4.69, 9.17) is 10.2 Å². The average molecular weight is 286 g/mol. The SMILES string of the molecule is Cc1ccc(NC(N)=NCCNC(=O)c2ccco2)cc1. The summed E-state index contributed by atoms with van der Waals surface area (Å²) in [5.74, 6) is 0.330. The van der Waals surface area contributed by atoms with Crippen LogP contribution < -0.4 is 16.4 Å². The van der Waals surface area contributed by atoms with Gasteiger partial charge in [-0.2, -0.15) is 0 Å². The van der Waals surface area contributed by atoms with Crippen molar-refractivity contribution < 1.29 is 9.21 Å². The molecule has 0 aliphatic carbocycles. The van der Waals surface area contributed by atoms with E-state index in [1.807, 2.05) is 31.2 Å². The van der Waals surface area contributed by atoms with Crippen LogP contribution in [0.4, 0.5) is 5.69 Å². The standard InChI is InChI=1S/C15H18N4O2/c1-11-4-6-12(7-5-11)19-15(16)18-9-8-17-14(20)13-3-2-10-21-13/h2-7,10H,8-9H2,1H3,(H,17,20)(H3,16,18,19). The summed E-state index contributed by atoms with van der Waals surface area (Å²) in [5.41, 5.74) is 7.82. The van der Waals surface area contributed by atoms with Crippen LogP contribution in [0.3, 0.4) is 0 Å². The summed E-state index contributed by atoms with van der Waals surface area (Å²) in [6.45, 7) is 2.79. The van der Waals surface area contributed by atoms with Gasteiger partial charge in [0, 0.05) is 12.2 Å².